The predicted octanol–water partition coefficient (Wildman–Crippen LogP) is 3.57. The molecule has 0 spiro atoms. The lowest BCUT2D eigenvalue weighted by atomic mass is 10.1. The number of methoxy groups -OCH3 is 1. The molecule has 0 aliphatic rings. The van der Waals surface area contributed by atoms with E-state index < -0.39 is 6.43 Å². The van der Waals surface area contributed by atoms with Gasteiger partial charge in [-0.15, -0.1) is 0 Å². The van der Waals surface area contributed by atoms with Gasteiger partial charge in [-0.3, -0.25) is 0 Å². The van der Waals surface area contributed by atoms with Crippen LogP contribution in [0.1, 0.15) is 17.7 Å². The van der Waals surface area contributed by atoms with E-state index in [9.17, 15) is 8.78 Å². The Kier molecular flexibility index (Phi) is 4.61. The van der Waals surface area contributed by atoms with Gasteiger partial charge in [0, 0.05) is 18.2 Å². The summed E-state index contributed by atoms with van der Waals surface area (Å²) in [6, 6.07) is 5.90. The lowest BCUT2D eigenvalue weighted by Crippen LogP contribution is -2.04. The largest absolute Gasteiger partial charge is 0.383 e. The summed E-state index contributed by atoms with van der Waals surface area (Å²) in [4.78, 5) is 8.39. The van der Waals surface area contributed by atoms with Gasteiger partial charge in [-0.05, 0) is 22.0 Å². The van der Waals surface area contributed by atoms with Gasteiger partial charge in [-0.1, -0.05) is 18.2 Å². The highest BCUT2D eigenvalue weighted by molar-refractivity contribution is 9.10. The number of aromatic nitrogens is 2. The van der Waals surface area contributed by atoms with Gasteiger partial charge in [-0.25, -0.2) is 18.7 Å². The summed E-state index contributed by atoms with van der Waals surface area (Å²) in [5, 5.41) is 0. The Labute approximate surface area is 123 Å². The summed E-state index contributed by atoms with van der Waals surface area (Å²) < 4.78 is 31.0. The van der Waals surface area contributed by atoms with Crippen LogP contribution in [0.25, 0.3) is 11.4 Å². The van der Waals surface area contributed by atoms with E-state index in [0.717, 1.165) is 0 Å². The first-order valence-electron chi connectivity index (χ1n) is 5.72. The van der Waals surface area contributed by atoms with Crippen molar-refractivity contribution in [2.75, 3.05) is 12.8 Å². The van der Waals surface area contributed by atoms with Gasteiger partial charge in [0.1, 0.15) is 5.82 Å². The lowest BCUT2D eigenvalue weighted by molar-refractivity contribution is 0.151. The van der Waals surface area contributed by atoms with Crippen molar-refractivity contribution in [3.05, 3.63) is 40.0 Å². The van der Waals surface area contributed by atoms with E-state index in [1.54, 1.807) is 6.07 Å². The number of alkyl halides is 2. The number of hydrogen-bond donors (Lipinski definition) is 1. The van der Waals surface area contributed by atoms with Crippen molar-refractivity contribution in [2.24, 2.45) is 0 Å². The number of hydrogen-bond acceptors (Lipinski definition) is 4. The van der Waals surface area contributed by atoms with E-state index >= 15 is 0 Å². The Bertz CT molecular complexity index is 623. The number of nitrogens with zero attached hydrogens (tertiary/aromatic N) is 2. The minimum absolute atomic E-state index is 0.0825. The van der Waals surface area contributed by atoms with Crippen molar-refractivity contribution in [1.29, 1.82) is 0 Å². The molecule has 0 aliphatic heterocycles. The SMILES string of the molecule is COCc1nc(-c2cccc(C(F)F)c2)nc(N)c1Br. The summed E-state index contributed by atoms with van der Waals surface area (Å²) in [6.45, 7) is 0.245. The van der Waals surface area contributed by atoms with Crippen molar-refractivity contribution in [3.63, 3.8) is 0 Å². The second-order valence-corrected chi connectivity index (χ2v) is 4.85. The predicted molar refractivity (Wildman–Crippen MR) is 75.3 cm³/mol. The van der Waals surface area contributed by atoms with Gasteiger partial charge in [0.2, 0.25) is 0 Å². The third-order valence-electron chi connectivity index (χ3n) is 2.62. The highest BCUT2D eigenvalue weighted by Crippen LogP contribution is 2.28. The molecule has 2 N–H and O–H groups in total. The van der Waals surface area contributed by atoms with Crippen molar-refractivity contribution < 1.29 is 13.5 Å². The van der Waals surface area contributed by atoms with Crippen LogP contribution in [0.3, 0.4) is 0 Å². The summed E-state index contributed by atoms with van der Waals surface area (Å²) in [6.07, 6.45) is -2.54. The highest BCUT2D eigenvalue weighted by atomic mass is 79.9. The minimum Gasteiger partial charge on any atom is -0.383 e. The third-order valence-corrected chi connectivity index (χ3v) is 3.49. The van der Waals surface area contributed by atoms with Gasteiger partial charge >= 0.3 is 0 Å². The van der Waals surface area contributed by atoms with Crippen LogP contribution in [-0.2, 0) is 11.3 Å². The van der Waals surface area contributed by atoms with Crippen LogP contribution in [0.5, 0.6) is 0 Å². The van der Waals surface area contributed by atoms with Crippen LogP contribution in [0.2, 0.25) is 0 Å². The quantitative estimate of drug-likeness (QED) is 0.921. The monoisotopic (exact) mass is 343 g/mol. The molecule has 0 atom stereocenters. The second kappa shape index (κ2) is 6.23. The third kappa shape index (κ3) is 3.10. The molecule has 106 valence electrons. The number of nitrogen functional groups attached to an aromatic ring is 1. The molecule has 20 heavy (non-hydrogen) atoms. The fourth-order valence-corrected chi connectivity index (χ4v) is 1.98. The molecular weight excluding hydrogens is 332 g/mol. The Morgan fingerprint density at radius 3 is 2.75 bits per heavy atom. The first-order chi connectivity index (χ1) is 9.52. The molecule has 0 amide bonds. The summed E-state index contributed by atoms with van der Waals surface area (Å²) >= 11 is 3.28. The molecule has 0 aliphatic carbocycles. The van der Waals surface area contributed by atoms with Crippen LogP contribution in [0.4, 0.5) is 14.6 Å². The standard InChI is InChI=1S/C13H12BrF2N3O/c1-20-6-9-10(14)12(17)19-13(18-9)8-4-2-3-7(5-8)11(15)16/h2-5,11H,6H2,1H3,(H2,17,18,19). The average Bonchev–Trinajstić information content (AvgIpc) is 2.44. The number of benzene rings is 1. The van der Waals surface area contributed by atoms with Gasteiger partial charge < -0.3 is 10.5 Å². The molecule has 0 saturated carbocycles. The number of anilines is 1. The van der Waals surface area contributed by atoms with E-state index in [1.165, 1.54) is 25.3 Å². The zero-order chi connectivity index (χ0) is 14.7. The topological polar surface area (TPSA) is 61.0 Å². The molecule has 0 saturated heterocycles. The van der Waals surface area contributed by atoms with E-state index in [0.29, 0.717) is 21.6 Å². The van der Waals surface area contributed by atoms with E-state index in [1.807, 2.05) is 0 Å². The van der Waals surface area contributed by atoms with E-state index in [4.69, 9.17) is 10.5 Å². The maximum Gasteiger partial charge on any atom is 0.263 e. The van der Waals surface area contributed by atoms with E-state index in [2.05, 4.69) is 25.9 Å². The van der Waals surface area contributed by atoms with Crippen LogP contribution >= 0.6 is 15.9 Å². The van der Waals surface area contributed by atoms with Gasteiger partial charge in [0.15, 0.2) is 5.82 Å². The minimum atomic E-state index is -2.54. The Balaban J connectivity index is 2.49. The molecule has 7 heteroatoms. The Morgan fingerprint density at radius 2 is 2.10 bits per heavy atom. The maximum atomic E-state index is 12.7. The van der Waals surface area contributed by atoms with Crippen molar-refractivity contribution in [2.45, 2.75) is 13.0 Å². The Morgan fingerprint density at radius 1 is 1.35 bits per heavy atom. The first-order valence-corrected chi connectivity index (χ1v) is 6.51. The number of halogens is 3. The van der Waals surface area contributed by atoms with Crippen molar-refractivity contribution in [1.82, 2.24) is 9.97 Å². The molecule has 0 radical (unpaired) electrons. The second-order valence-electron chi connectivity index (χ2n) is 4.05. The summed E-state index contributed by atoms with van der Waals surface area (Å²) in [5.41, 5.74) is 6.76. The fourth-order valence-electron chi connectivity index (χ4n) is 1.69. The average molecular weight is 344 g/mol. The van der Waals surface area contributed by atoms with Crippen molar-refractivity contribution >= 4 is 21.7 Å². The maximum absolute atomic E-state index is 12.7. The number of ether oxygens (including phenoxy) is 1. The van der Waals surface area contributed by atoms with Gasteiger partial charge in [-0.2, -0.15) is 0 Å². The number of rotatable bonds is 4. The molecule has 2 rings (SSSR count). The van der Waals surface area contributed by atoms with Gasteiger partial charge in [0.25, 0.3) is 6.43 Å². The molecule has 0 fully saturated rings. The van der Waals surface area contributed by atoms with Crippen LogP contribution < -0.4 is 5.73 Å². The zero-order valence-electron chi connectivity index (χ0n) is 10.6. The first kappa shape index (κ1) is 14.8. The van der Waals surface area contributed by atoms with Crippen LogP contribution in [-0.4, -0.2) is 17.1 Å². The zero-order valence-corrected chi connectivity index (χ0v) is 12.2. The molecule has 0 unspecified atom stereocenters. The van der Waals surface area contributed by atoms with Gasteiger partial charge in [0.05, 0.1) is 16.8 Å². The smallest absolute Gasteiger partial charge is 0.263 e. The molecule has 4 nitrogen and oxygen atoms in total. The summed E-state index contributed by atoms with van der Waals surface area (Å²) in [5.74, 6) is 0.532. The van der Waals surface area contributed by atoms with Crippen LogP contribution in [0.15, 0.2) is 28.7 Å². The number of nitrogens with two attached hydrogens (primary N) is 1. The van der Waals surface area contributed by atoms with Crippen LogP contribution in [0, 0.1) is 0 Å². The molecule has 2 aromatic rings. The molecule has 1 heterocycles. The molecule has 1 aromatic carbocycles. The molecule has 1 aromatic heterocycles. The normalized spacial score (nSPS) is 11.1. The summed E-state index contributed by atoms with van der Waals surface area (Å²) in [7, 11) is 1.53. The fraction of sp³-hybridized carbons (Fsp3) is 0.231. The Hall–Kier alpha value is -1.60. The molecular formula is C13H12BrF2N3O. The van der Waals surface area contributed by atoms with Crippen molar-refractivity contribution in [3.8, 4) is 11.4 Å². The lowest BCUT2D eigenvalue weighted by Gasteiger charge is -2.09. The van der Waals surface area contributed by atoms with E-state index in [-0.39, 0.29) is 18.0 Å². The highest BCUT2D eigenvalue weighted by Gasteiger charge is 2.13. The molecule has 0 bridgehead atoms.